The number of rotatable bonds is 5. The second kappa shape index (κ2) is 8.93. The van der Waals surface area contributed by atoms with Crippen LogP contribution in [-0.4, -0.2) is 10.9 Å². The Labute approximate surface area is 202 Å². The molecule has 0 saturated heterocycles. The van der Waals surface area contributed by atoms with Crippen LogP contribution >= 0.6 is 0 Å². The largest absolute Gasteiger partial charge is 0.507 e. The summed E-state index contributed by atoms with van der Waals surface area (Å²) in [6.07, 6.45) is 8.15. The molecule has 1 aromatic rings. The van der Waals surface area contributed by atoms with Gasteiger partial charge in [-0.15, -0.1) is 0 Å². The van der Waals surface area contributed by atoms with Crippen LogP contribution in [-0.2, 0) is 15.6 Å². The first-order valence-corrected chi connectivity index (χ1v) is 12.4. The fraction of sp³-hybridized carbons (Fsp3) is 0.581. The Morgan fingerprint density at radius 1 is 0.727 bits per heavy atom. The Morgan fingerprint density at radius 2 is 1.21 bits per heavy atom. The zero-order valence-electron chi connectivity index (χ0n) is 23.2. The van der Waals surface area contributed by atoms with Crippen LogP contribution < -0.4 is 0 Å². The molecule has 0 atom stereocenters. The van der Waals surface area contributed by atoms with E-state index in [1.807, 2.05) is 0 Å². The fourth-order valence-corrected chi connectivity index (χ4v) is 4.20. The number of phenolic OH excluding ortho intramolecular Hbond substituents is 1. The van der Waals surface area contributed by atoms with Crippen LogP contribution in [0.5, 0.6) is 5.75 Å². The maximum absolute atomic E-state index is 13.4. The first-order chi connectivity index (χ1) is 14.8. The zero-order chi connectivity index (χ0) is 25.6. The number of aromatic hydroxyl groups is 1. The number of carbonyl (C=O) groups excluding carboxylic acids is 1. The maximum Gasteiger partial charge on any atom is 0.186 e. The summed E-state index contributed by atoms with van der Waals surface area (Å²) in [6.45, 7) is 25.7. The Bertz CT molecular complexity index is 1010. The van der Waals surface area contributed by atoms with Crippen molar-refractivity contribution < 1.29 is 9.90 Å². The number of benzene rings is 1. The molecule has 1 aromatic carbocycles. The summed E-state index contributed by atoms with van der Waals surface area (Å²) >= 11 is 0. The standard InChI is InChI=1S/C31H46O2/c1-13-30(9,10)24-18-20(16-22(26(24)32)28(3,4)5)15-21-17-23(29(6,7)8)27(33)25(19-21)31(11,12)14-2/h15-19,32H,13-14H2,1-12H3. The molecule has 0 heterocycles. The second-order valence-corrected chi connectivity index (χ2v) is 13.0. The summed E-state index contributed by atoms with van der Waals surface area (Å²) < 4.78 is 0. The van der Waals surface area contributed by atoms with Crippen molar-refractivity contribution in [3.63, 3.8) is 0 Å². The van der Waals surface area contributed by atoms with Gasteiger partial charge in [-0.05, 0) is 76.0 Å². The van der Waals surface area contributed by atoms with Crippen molar-refractivity contribution in [2.75, 3.05) is 0 Å². The molecule has 0 spiro atoms. The van der Waals surface area contributed by atoms with Gasteiger partial charge in [0.1, 0.15) is 5.75 Å². The van der Waals surface area contributed by atoms with Crippen LogP contribution in [0, 0.1) is 10.8 Å². The molecule has 0 aromatic heterocycles. The smallest absolute Gasteiger partial charge is 0.186 e. The molecule has 1 aliphatic rings. The molecular formula is C31H46O2. The van der Waals surface area contributed by atoms with Crippen molar-refractivity contribution in [3.8, 4) is 5.75 Å². The van der Waals surface area contributed by atoms with Gasteiger partial charge in [0.05, 0.1) is 0 Å². The third-order valence-corrected chi connectivity index (χ3v) is 7.42. The van der Waals surface area contributed by atoms with Crippen LogP contribution in [0.2, 0.25) is 0 Å². The molecule has 1 aliphatic carbocycles. The normalized spacial score (nSPS) is 17.3. The number of Topliss-reactive ketones (excluding diaryl/α,β-unsaturated/α-hetero) is 1. The van der Waals surface area contributed by atoms with E-state index in [1.165, 1.54) is 0 Å². The van der Waals surface area contributed by atoms with E-state index in [0.29, 0.717) is 5.75 Å². The van der Waals surface area contributed by atoms with E-state index in [2.05, 4.69) is 113 Å². The molecule has 0 amide bonds. The maximum atomic E-state index is 13.4. The SMILES string of the molecule is CCC(C)(C)C1=CC(=Cc2cc(C(C)(C)C)c(O)c(C(C)(C)CC)c2)C=C(C(C)(C)C)C1=O. The average molecular weight is 451 g/mol. The minimum Gasteiger partial charge on any atom is -0.507 e. The zero-order valence-corrected chi connectivity index (χ0v) is 23.2. The highest BCUT2D eigenvalue weighted by molar-refractivity contribution is 6.12. The number of phenols is 1. The van der Waals surface area contributed by atoms with Gasteiger partial charge in [-0.3, -0.25) is 4.79 Å². The number of carbonyl (C=O) groups is 1. The number of allylic oxidation sites excluding steroid dienone is 5. The Balaban J connectivity index is 2.84. The molecule has 182 valence electrons. The minimum absolute atomic E-state index is 0.140. The van der Waals surface area contributed by atoms with Crippen LogP contribution in [0.15, 0.2) is 41.0 Å². The molecule has 0 radical (unpaired) electrons. The monoisotopic (exact) mass is 450 g/mol. The Morgan fingerprint density at radius 3 is 1.67 bits per heavy atom. The average Bonchev–Trinajstić information content (AvgIpc) is 2.68. The van der Waals surface area contributed by atoms with Crippen LogP contribution in [0.1, 0.15) is 113 Å². The van der Waals surface area contributed by atoms with Gasteiger partial charge in [0.2, 0.25) is 0 Å². The molecule has 1 N–H and O–H groups in total. The molecule has 2 rings (SSSR count). The highest BCUT2D eigenvalue weighted by Gasteiger charge is 2.35. The highest BCUT2D eigenvalue weighted by atomic mass is 16.3. The van der Waals surface area contributed by atoms with E-state index < -0.39 is 0 Å². The summed E-state index contributed by atoms with van der Waals surface area (Å²) in [4.78, 5) is 13.4. The predicted molar refractivity (Wildman–Crippen MR) is 143 cm³/mol. The van der Waals surface area contributed by atoms with E-state index in [0.717, 1.165) is 46.3 Å². The molecule has 0 unspecified atom stereocenters. The number of hydrogen-bond donors (Lipinski definition) is 1. The van der Waals surface area contributed by atoms with E-state index in [4.69, 9.17) is 0 Å². The first-order valence-electron chi connectivity index (χ1n) is 12.4. The van der Waals surface area contributed by atoms with Gasteiger partial charge >= 0.3 is 0 Å². The fourth-order valence-electron chi connectivity index (χ4n) is 4.20. The lowest BCUT2D eigenvalue weighted by molar-refractivity contribution is -0.114. The van der Waals surface area contributed by atoms with Gasteiger partial charge in [-0.1, -0.05) is 83.1 Å². The van der Waals surface area contributed by atoms with Crippen LogP contribution in [0.3, 0.4) is 0 Å². The van der Waals surface area contributed by atoms with Crippen molar-refractivity contribution in [1.29, 1.82) is 0 Å². The van der Waals surface area contributed by atoms with E-state index in [9.17, 15) is 9.90 Å². The van der Waals surface area contributed by atoms with Crippen LogP contribution in [0.4, 0.5) is 0 Å². The number of hydrogen-bond acceptors (Lipinski definition) is 2. The number of ketones is 1. The van der Waals surface area contributed by atoms with Gasteiger partial charge in [0.15, 0.2) is 5.78 Å². The summed E-state index contributed by atoms with van der Waals surface area (Å²) in [6, 6.07) is 4.23. The summed E-state index contributed by atoms with van der Waals surface area (Å²) in [5, 5.41) is 11.2. The molecule has 33 heavy (non-hydrogen) atoms. The van der Waals surface area contributed by atoms with Crippen molar-refractivity contribution in [2.45, 2.75) is 107 Å². The Kier molecular flexibility index (Phi) is 7.35. The third kappa shape index (κ3) is 5.70. The molecule has 2 heteroatoms. The summed E-state index contributed by atoms with van der Waals surface area (Å²) in [5.41, 5.74) is 5.03. The molecule has 0 aliphatic heterocycles. The van der Waals surface area contributed by atoms with Gasteiger partial charge < -0.3 is 5.11 Å². The lowest BCUT2D eigenvalue weighted by Crippen LogP contribution is -2.29. The third-order valence-electron chi connectivity index (χ3n) is 7.42. The summed E-state index contributed by atoms with van der Waals surface area (Å²) in [5.74, 6) is 0.574. The molecular weight excluding hydrogens is 404 g/mol. The van der Waals surface area contributed by atoms with E-state index >= 15 is 0 Å². The molecule has 2 nitrogen and oxygen atoms in total. The molecule has 0 fully saturated rings. The van der Waals surface area contributed by atoms with Crippen molar-refractivity contribution in [1.82, 2.24) is 0 Å². The molecule has 0 saturated carbocycles. The van der Waals surface area contributed by atoms with Gasteiger partial charge in [0, 0.05) is 22.3 Å². The highest BCUT2D eigenvalue weighted by Crippen LogP contribution is 2.43. The quantitative estimate of drug-likeness (QED) is 0.487. The van der Waals surface area contributed by atoms with Crippen molar-refractivity contribution >= 4 is 11.9 Å². The lowest BCUT2D eigenvalue weighted by Gasteiger charge is -2.33. The van der Waals surface area contributed by atoms with Gasteiger partial charge in [0.25, 0.3) is 0 Å². The lowest BCUT2D eigenvalue weighted by atomic mass is 9.70. The predicted octanol–water partition coefficient (Wildman–Crippen LogP) is 8.68. The van der Waals surface area contributed by atoms with E-state index in [-0.39, 0.29) is 27.4 Å². The van der Waals surface area contributed by atoms with Gasteiger partial charge in [-0.25, -0.2) is 0 Å². The first kappa shape index (κ1) is 27.2. The topological polar surface area (TPSA) is 37.3 Å². The second-order valence-electron chi connectivity index (χ2n) is 13.0. The van der Waals surface area contributed by atoms with Gasteiger partial charge in [-0.2, -0.15) is 0 Å². The summed E-state index contributed by atoms with van der Waals surface area (Å²) in [7, 11) is 0. The minimum atomic E-state index is -0.236. The van der Waals surface area contributed by atoms with E-state index in [1.54, 1.807) is 0 Å². The van der Waals surface area contributed by atoms with Crippen LogP contribution in [0.25, 0.3) is 6.08 Å². The van der Waals surface area contributed by atoms with Crippen molar-refractivity contribution in [3.05, 3.63) is 57.7 Å². The molecule has 0 bridgehead atoms. The Hall–Kier alpha value is -2.09. The van der Waals surface area contributed by atoms with Crippen molar-refractivity contribution in [2.24, 2.45) is 10.8 Å².